The summed E-state index contributed by atoms with van der Waals surface area (Å²) in [6.45, 7) is 0.500. The van der Waals surface area contributed by atoms with Crippen LogP contribution in [-0.4, -0.2) is 14.5 Å². The monoisotopic (exact) mass is 267 g/mol. The highest BCUT2D eigenvalue weighted by Gasteiger charge is 2.12. The molecule has 0 aliphatic rings. The van der Waals surface area contributed by atoms with Gasteiger partial charge in [-0.15, -0.1) is 0 Å². The Morgan fingerprint density at radius 3 is 2.47 bits per heavy atom. The molecule has 3 nitrogen and oxygen atoms in total. The predicted octanol–water partition coefficient (Wildman–Crippen LogP) is 2.99. The van der Waals surface area contributed by atoms with Crippen molar-refractivity contribution in [3.05, 3.63) is 54.6 Å². The molecule has 3 aromatic rings. The van der Waals surface area contributed by atoms with Crippen LogP contribution in [0.5, 0.6) is 0 Å². The standard InChI is InChI=1S/C15H13N3S/c16-14(19)10-18-13-9-5-4-8-12(13)17-15(18)11-6-2-1-3-7-11/h1-9H,10H2,(H2,16,19). The lowest BCUT2D eigenvalue weighted by molar-refractivity contribution is 0.895. The quantitative estimate of drug-likeness (QED) is 0.742. The van der Waals surface area contributed by atoms with Crippen molar-refractivity contribution in [1.82, 2.24) is 9.55 Å². The molecule has 1 heterocycles. The van der Waals surface area contributed by atoms with Gasteiger partial charge in [-0.2, -0.15) is 0 Å². The van der Waals surface area contributed by atoms with Crippen molar-refractivity contribution < 1.29 is 0 Å². The molecule has 0 unspecified atom stereocenters. The van der Waals surface area contributed by atoms with Crippen molar-refractivity contribution >= 4 is 28.2 Å². The second-order valence-corrected chi connectivity index (χ2v) is 4.87. The molecule has 0 fully saturated rings. The summed E-state index contributed by atoms with van der Waals surface area (Å²) in [5.41, 5.74) is 8.78. The number of nitrogens with two attached hydrogens (primary N) is 1. The first-order valence-corrected chi connectivity index (χ1v) is 6.45. The number of para-hydroxylation sites is 2. The van der Waals surface area contributed by atoms with Crippen LogP contribution < -0.4 is 5.73 Å². The molecule has 3 rings (SSSR count). The summed E-state index contributed by atoms with van der Waals surface area (Å²) in [6, 6.07) is 18.1. The molecule has 0 aliphatic heterocycles. The van der Waals surface area contributed by atoms with Crippen LogP contribution in [0.4, 0.5) is 0 Å². The number of imidazole rings is 1. The average Bonchev–Trinajstić information content (AvgIpc) is 2.78. The van der Waals surface area contributed by atoms with E-state index in [1.54, 1.807) is 0 Å². The lowest BCUT2D eigenvalue weighted by Gasteiger charge is -2.07. The molecule has 2 aromatic carbocycles. The van der Waals surface area contributed by atoms with Crippen LogP contribution >= 0.6 is 12.2 Å². The Morgan fingerprint density at radius 2 is 1.74 bits per heavy atom. The smallest absolute Gasteiger partial charge is 0.141 e. The summed E-state index contributed by atoms with van der Waals surface area (Å²) < 4.78 is 2.06. The van der Waals surface area contributed by atoms with Gasteiger partial charge in [-0.3, -0.25) is 0 Å². The number of nitrogens with zero attached hydrogens (tertiary/aromatic N) is 2. The van der Waals surface area contributed by atoms with Gasteiger partial charge in [0.15, 0.2) is 0 Å². The van der Waals surface area contributed by atoms with E-state index in [0.717, 1.165) is 22.4 Å². The normalized spacial score (nSPS) is 10.7. The maximum absolute atomic E-state index is 5.70. The van der Waals surface area contributed by atoms with Crippen LogP contribution in [0.25, 0.3) is 22.4 Å². The summed E-state index contributed by atoms with van der Waals surface area (Å²) in [4.78, 5) is 5.14. The number of aromatic nitrogens is 2. The van der Waals surface area contributed by atoms with Gasteiger partial charge in [-0.25, -0.2) is 4.98 Å². The fraction of sp³-hybridized carbons (Fsp3) is 0.0667. The van der Waals surface area contributed by atoms with E-state index in [1.807, 2.05) is 54.6 Å². The molecule has 2 N–H and O–H groups in total. The van der Waals surface area contributed by atoms with E-state index < -0.39 is 0 Å². The van der Waals surface area contributed by atoms with Crippen LogP contribution in [0.15, 0.2) is 54.6 Å². The molecule has 0 amide bonds. The summed E-state index contributed by atoms with van der Waals surface area (Å²) in [5, 5.41) is 0. The van der Waals surface area contributed by atoms with Gasteiger partial charge >= 0.3 is 0 Å². The lowest BCUT2D eigenvalue weighted by Crippen LogP contribution is -2.17. The third-order valence-electron chi connectivity index (χ3n) is 3.00. The van der Waals surface area contributed by atoms with Crippen LogP contribution in [0.3, 0.4) is 0 Å². The highest BCUT2D eigenvalue weighted by molar-refractivity contribution is 7.80. The molecule has 19 heavy (non-hydrogen) atoms. The van der Waals surface area contributed by atoms with Crippen molar-refractivity contribution in [3.8, 4) is 11.4 Å². The molecule has 0 saturated carbocycles. The third-order valence-corrected chi connectivity index (χ3v) is 3.13. The molecule has 0 aliphatic carbocycles. The largest absolute Gasteiger partial charge is 0.392 e. The van der Waals surface area contributed by atoms with Gasteiger partial charge in [0.25, 0.3) is 0 Å². The summed E-state index contributed by atoms with van der Waals surface area (Å²) in [5.74, 6) is 0.898. The van der Waals surface area contributed by atoms with Crippen LogP contribution in [0.1, 0.15) is 0 Å². The Balaban J connectivity index is 2.26. The van der Waals surface area contributed by atoms with Crippen LogP contribution in [0.2, 0.25) is 0 Å². The zero-order valence-electron chi connectivity index (χ0n) is 10.3. The molecule has 0 saturated heterocycles. The molecule has 0 spiro atoms. The fourth-order valence-corrected chi connectivity index (χ4v) is 2.33. The molecule has 94 valence electrons. The minimum atomic E-state index is 0.459. The van der Waals surface area contributed by atoms with E-state index in [2.05, 4.69) is 9.55 Å². The number of thiocarbonyl (C=S) groups is 1. The van der Waals surface area contributed by atoms with E-state index in [1.165, 1.54) is 0 Å². The van der Waals surface area contributed by atoms with Gasteiger partial charge in [0.05, 0.1) is 22.6 Å². The predicted molar refractivity (Wildman–Crippen MR) is 82.0 cm³/mol. The third kappa shape index (κ3) is 2.22. The highest BCUT2D eigenvalue weighted by atomic mass is 32.1. The Labute approximate surface area is 116 Å². The Kier molecular flexibility index (Phi) is 3.01. The Morgan fingerprint density at radius 1 is 1.05 bits per heavy atom. The summed E-state index contributed by atoms with van der Waals surface area (Å²) in [6.07, 6.45) is 0. The summed E-state index contributed by atoms with van der Waals surface area (Å²) in [7, 11) is 0. The van der Waals surface area contributed by atoms with Gasteiger partial charge in [0.1, 0.15) is 5.82 Å². The van der Waals surface area contributed by atoms with E-state index >= 15 is 0 Å². The zero-order valence-corrected chi connectivity index (χ0v) is 11.1. The Bertz CT molecular complexity index is 731. The minimum absolute atomic E-state index is 0.459. The number of hydrogen-bond acceptors (Lipinski definition) is 2. The van der Waals surface area contributed by atoms with Gasteiger partial charge in [0.2, 0.25) is 0 Å². The fourth-order valence-electron chi connectivity index (χ4n) is 2.20. The maximum Gasteiger partial charge on any atom is 0.141 e. The van der Waals surface area contributed by atoms with Gasteiger partial charge in [-0.05, 0) is 12.1 Å². The second-order valence-electron chi connectivity index (χ2n) is 4.34. The summed E-state index contributed by atoms with van der Waals surface area (Å²) >= 11 is 5.05. The molecular weight excluding hydrogens is 254 g/mol. The molecule has 4 heteroatoms. The lowest BCUT2D eigenvalue weighted by atomic mass is 10.2. The van der Waals surface area contributed by atoms with Gasteiger partial charge in [0, 0.05) is 5.56 Å². The number of hydrogen-bond donors (Lipinski definition) is 1. The van der Waals surface area contributed by atoms with E-state index in [9.17, 15) is 0 Å². The molecular formula is C15H13N3S. The topological polar surface area (TPSA) is 43.8 Å². The molecule has 0 radical (unpaired) electrons. The maximum atomic E-state index is 5.70. The first-order chi connectivity index (χ1) is 9.25. The van der Waals surface area contributed by atoms with Crippen molar-refractivity contribution in [3.63, 3.8) is 0 Å². The van der Waals surface area contributed by atoms with Crippen LogP contribution in [0, 0.1) is 0 Å². The van der Waals surface area contributed by atoms with Crippen molar-refractivity contribution in [1.29, 1.82) is 0 Å². The number of benzene rings is 2. The Hall–Kier alpha value is -2.20. The van der Waals surface area contributed by atoms with Crippen molar-refractivity contribution in [2.24, 2.45) is 5.73 Å². The van der Waals surface area contributed by atoms with Crippen molar-refractivity contribution in [2.45, 2.75) is 6.54 Å². The van der Waals surface area contributed by atoms with E-state index in [4.69, 9.17) is 18.0 Å². The minimum Gasteiger partial charge on any atom is -0.392 e. The van der Waals surface area contributed by atoms with Gasteiger partial charge < -0.3 is 10.3 Å². The zero-order chi connectivity index (χ0) is 13.2. The molecule has 0 bridgehead atoms. The average molecular weight is 267 g/mol. The van der Waals surface area contributed by atoms with E-state index in [-0.39, 0.29) is 0 Å². The first-order valence-electron chi connectivity index (χ1n) is 6.05. The SMILES string of the molecule is NC(=S)Cn1c(-c2ccccc2)nc2ccccc21. The highest BCUT2D eigenvalue weighted by Crippen LogP contribution is 2.24. The number of rotatable bonds is 3. The van der Waals surface area contributed by atoms with Crippen molar-refractivity contribution in [2.75, 3.05) is 0 Å². The van der Waals surface area contributed by atoms with E-state index in [0.29, 0.717) is 11.5 Å². The number of fused-ring (bicyclic) bond motifs is 1. The second kappa shape index (κ2) is 4.82. The molecule has 0 atom stereocenters. The van der Waals surface area contributed by atoms with Gasteiger partial charge in [-0.1, -0.05) is 54.7 Å². The van der Waals surface area contributed by atoms with Crippen LogP contribution in [-0.2, 0) is 6.54 Å². The first kappa shape index (κ1) is 11.9. The molecule has 1 aromatic heterocycles.